The molecule has 3 nitrogen and oxygen atoms in total. The number of fused-ring (bicyclic) bond motifs is 1. The molecule has 0 atom stereocenters. The topological polar surface area (TPSA) is 56.2 Å². The number of benzene rings is 1. The number of rotatable bonds is 0. The molecule has 14 heavy (non-hydrogen) atoms. The van der Waals surface area contributed by atoms with Gasteiger partial charge in [-0.05, 0) is 24.6 Å². The van der Waals surface area contributed by atoms with Gasteiger partial charge in [0.05, 0.1) is 0 Å². The normalized spacial score (nSPS) is 9.79. The van der Waals surface area contributed by atoms with Crippen LogP contribution in [0.4, 0.5) is 5.69 Å². The van der Waals surface area contributed by atoms with Crippen molar-refractivity contribution in [2.75, 3.05) is 5.73 Å². The molecule has 0 aliphatic carbocycles. The van der Waals surface area contributed by atoms with Crippen LogP contribution in [0.5, 0.6) is 0 Å². The van der Waals surface area contributed by atoms with Crippen molar-refractivity contribution in [1.82, 2.24) is 0 Å². The van der Waals surface area contributed by atoms with Gasteiger partial charge in [0.25, 0.3) is 0 Å². The summed E-state index contributed by atoms with van der Waals surface area (Å²) in [4.78, 5) is 11.0. The zero-order chi connectivity index (χ0) is 9.42. The SMILES string of the molecule is Cc1cc(=O)oc2cc(N)ccc12.[PbH2]. The Morgan fingerprint density at radius 2 is 2.00 bits per heavy atom. The number of hydrogen-bond acceptors (Lipinski definition) is 3. The molecule has 4 heteroatoms. The number of hydrogen-bond donors (Lipinski definition) is 1. The zero-order valence-electron chi connectivity index (χ0n) is 7.91. The van der Waals surface area contributed by atoms with Gasteiger partial charge in [-0.3, -0.25) is 0 Å². The minimum atomic E-state index is -0.337. The van der Waals surface area contributed by atoms with Crippen molar-refractivity contribution in [1.29, 1.82) is 0 Å². The van der Waals surface area contributed by atoms with Crippen LogP contribution >= 0.6 is 0 Å². The first-order valence-electron chi connectivity index (χ1n) is 3.97. The molecule has 0 unspecified atom stereocenters. The molecule has 2 aromatic rings. The molecule has 0 aliphatic heterocycles. The molecule has 1 heterocycles. The van der Waals surface area contributed by atoms with Crippen LogP contribution in [0.15, 0.2) is 33.5 Å². The summed E-state index contributed by atoms with van der Waals surface area (Å²) < 4.78 is 4.99. The van der Waals surface area contributed by atoms with Crippen LogP contribution in [0.25, 0.3) is 11.0 Å². The Morgan fingerprint density at radius 3 is 2.71 bits per heavy atom. The van der Waals surface area contributed by atoms with Crippen LogP contribution in [0.3, 0.4) is 0 Å². The Hall–Kier alpha value is -0.848. The Balaban J connectivity index is 0.000000980. The summed E-state index contributed by atoms with van der Waals surface area (Å²) in [5.74, 6) is 0. The molecule has 0 fully saturated rings. The van der Waals surface area contributed by atoms with Crippen molar-refractivity contribution < 1.29 is 4.42 Å². The van der Waals surface area contributed by atoms with E-state index in [1.165, 1.54) is 6.07 Å². The van der Waals surface area contributed by atoms with E-state index in [4.69, 9.17) is 10.2 Å². The Morgan fingerprint density at radius 1 is 1.29 bits per heavy atom. The van der Waals surface area contributed by atoms with Gasteiger partial charge in [0.2, 0.25) is 0 Å². The fourth-order valence-electron chi connectivity index (χ4n) is 1.34. The summed E-state index contributed by atoms with van der Waals surface area (Å²) in [5, 5.41) is 0.925. The zero-order valence-corrected chi connectivity index (χ0v) is 13.4. The summed E-state index contributed by atoms with van der Waals surface area (Å²) in [6.07, 6.45) is 0. The molecule has 0 saturated carbocycles. The Labute approximate surface area is 101 Å². The van der Waals surface area contributed by atoms with E-state index >= 15 is 0 Å². The second-order valence-electron chi connectivity index (χ2n) is 3.00. The average Bonchev–Trinajstić information content (AvgIpc) is 2.02. The molecule has 72 valence electrons. The predicted octanol–water partition coefficient (Wildman–Crippen LogP) is 0.767. The molecule has 0 saturated heterocycles. The van der Waals surface area contributed by atoms with Crippen molar-refractivity contribution in [3.8, 4) is 0 Å². The molecule has 1 aromatic carbocycles. The quantitative estimate of drug-likeness (QED) is 0.415. The molecule has 1 aromatic heterocycles. The van der Waals surface area contributed by atoms with E-state index < -0.39 is 0 Å². The van der Waals surface area contributed by atoms with Crippen LogP contribution in [0.1, 0.15) is 5.56 Å². The third-order valence-corrected chi connectivity index (χ3v) is 1.98. The molecular formula is C10H11NO2Pb. The number of nitrogens with two attached hydrogens (primary N) is 1. The van der Waals surface area contributed by atoms with E-state index in [0.717, 1.165) is 10.9 Å². The van der Waals surface area contributed by atoms with E-state index in [2.05, 4.69) is 0 Å². The van der Waals surface area contributed by atoms with E-state index in [1.54, 1.807) is 12.1 Å². The first-order valence-corrected chi connectivity index (χ1v) is 3.97. The van der Waals surface area contributed by atoms with E-state index in [1.807, 2.05) is 13.0 Å². The molecule has 2 N–H and O–H groups in total. The molecule has 2 rings (SSSR count). The maximum atomic E-state index is 11.0. The van der Waals surface area contributed by atoms with Gasteiger partial charge >= 0.3 is 32.9 Å². The van der Waals surface area contributed by atoms with Gasteiger partial charge in [0.1, 0.15) is 5.58 Å². The summed E-state index contributed by atoms with van der Waals surface area (Å²) in [6, 6.07) is 6.76. The fraction of sp³-hybridized carbons (Fsp3) is 0.100. The standard InChI is InChI=1S/C10H9NO2.Pb.2H/c1-6-4-10(12)13-9-5-7(11)2-3-8(6)9;;;/h2-5H,11H2,1H3;;;. The van der Waals surface area contributed by atoms with Crippen molar-refractivity contribution >= 4 is 44.0 Å². The second-order valence-corrected chi connectivity index (χ2v) is 3.00. The van der Waals surface area contributed by atoms with E-state index in [0.29, 0.717) is 11.3 Å². The van der Waals surface area contributed by atoms with Crippen LogP contribution in [0, 0.1) is 6.92 Å². The molecule has 0 bridgehead atoms. The van der Waals surface area contributed by atoms with Crippen molar-refractivity contribution in [2.45, 2.75) is 6.92 Å². The predicted molar refractivity (Wildman–Crippen MR) is 60.2 cm³/mol. The van der Waals surface area contributed by atoms with Crippen LogP contribution in [0.2, 0.25) is 0 Å². The van der Waals surface area contributed by atoms with Crippen molar-refractivity contribution in [3.63, 3.8) is 0 Å². The first kappa shape index (κ1) is 11.2. The van der Waals surface area contributed by atoms with Gasteiger partial charge in [-0.1, -0.05) is 0 Å². The minimum absolute atomic E-state index is 0. The summed E-state index contributed by atoms with van der Waals surface area (Å²) >= 11 is 0. The molecule has 0 amide bonds. The van der Waals surface area contributed by atoms with Crippen LogP contribution in [-0.4, -0.2) is 27.3 Å². The van der Waals surface area contributed by atoms with Crippen LogP contribution in [-0.2, 0) is 0 Å². The number of aryl methyl sites for hydroxylation is 1. The van der Waals surface area contributed by atoms with E-state index in [-0.39, 0.29) is 32.9 Å². The van der Waals surface area contributed by atoms with Gasteiger partial charge < -0.3 is 10.2 Å². The third kappa shape index (κ3) is 1.97. The molecule has 2 radical (unpaired) electrons. The van der Waals surface area contributed by atoms with Crippen molar-refractivity contribution in [3.05, 3.63) is 40.2 Å². The van der Waals surface area contributed by atoms with Gasteiger partial charge in [-0.15, -0.1) is 0 Å². The van der Waals surface area contributed by atoms with Gasteiger partial charge in [-0.25, -0.2) is 4.79 Å². The summed E-state index contributed by atoms with van der Waals surface area (Å²) in [6.45, 7) is 1.87. The Bertz CT molecular complexity index is 519. The van der Waals surface area contributed by atoms with Gasteiger partial charge in [0, 0.05) is 23.2 Å². The van der Waals surface area contributed by atoms with Crippen LogP contribution < -0.4 is 11.4 Å². The van der Waals surface area contributed by atoms with Gasteiger partial charge in [0.15, 0.2) is 0 Å². The monoisotopic (exact) mass is 385 g/mol. The fourth-order valence-corrected chi connectivity index (χ4v) is 1.34. The third-order valence-electron chi connectivity index (χ3n) is 1.98. The number of nitrogen functional groups attached to an aromatic ring is 1. The molecule has 0 aliphatic rings. The summed E-state index contributed by atoms with van der Waals surface area (Å²) in [5.41, 5.74) is 7.28. The molecular weight excluding hydrogens is 373 g/mol. The Kier molecular flexibility index (Phi) is 3.30. The first-order chi connectivity index (χ1) is 6.16. The maximum absolute atomic E-state index is 11.0. The van der Waals surface area contributed by atoms with Gasteiger partial charge in [-0.2, -0.15) is 0 Å². The summed E-state index contributed by atoms with van der Waals surface area (Å²) in [7, 11) is 0. The van der Waals surface area contributed by atoms with E-state index in [9.17, 15) is 4.79 Å². The average molecular weight is 384 g/mol. The number of anilines is 1. The second kappa shape index (κ2) is 4.12. The van der Waals surface area contributed by atoms with Crippen molar-refractivity contribution in [2.24, 2.45) is 0 Å². The molecule has 0 spiro atoms.